The number of nitrogens with one attached hydrogen (secondary N) is 1. The molecule has 0 radical (unpaired) electrons. The van der Waals surface area contributed by atoms with Gasteiger partial charge in [-0.15, -0.1) is 0 Å². The molecule has 0 spiro atoms. The predicted molar refractivity (Wildman–Crippen MR) is 88.0 cm³/mol. The maximum Gasteiger partial charge on any atom is 0.265 e. The van der Waals surface area contributed by atoms with Gasteiger partial charge in [0.25, 0.3) is 10.0 Å². The summed E-state index contributed by atoms with van der Waals surface area (Å²) in [7, 11) is -0.943. The SMILES string of the molecule is CCn1cc(S(=O)(=O)Nc2cc(OC)c(Cl)cc2OC)c(C)n1. The molecule has 1 heterocycles. The number of methoxy groups -OCH3 is 2. The number of hydrogen-bond acceptors (Lipinski definition) is 5. The number of aromatic nitrogens is 2. The van der Waals surface area contributed by atoms with E-state index >= 15 is 0 Å². The second-order valence-corrected chi connectivity index (χ2v) is 6.79. The van der Waals surface area contributed by atoms with E-state index in [4.69, 9.17) is 21.1 Å². The minimum absolute atomic E-state index is 0.107. The zero-order valence-corrected chi connectivity index (χ0v) is 14.8. The van der Waals surface area contributed by atoms with Gasteiger partial charge < -0.3 is 9.47 Å². The summed E-state index contributed by atoms with van der Waals surface area (Å²) >= 11 is 6.02. The van der Waals surface area contributed by atoms with Crippen LogP contribution in [0.15, 0.2) is 23.2 Å². The topological polar surface area (TPSA) is 82.5 Å². The zero-order valence-electron chi connectivity index (χ0n) is 13.3. The van der Waals surface area contributed by atoms with Crippen molar-refractivity contribution in [1.29, 1.82) is 0 Å². The molecule has 126 valence electrons. The number of ether oxygens (including phenoxy) is 2. The van der Waals surface area contributed by atoms with Crippen LogP contribution >= 0.6 is 11.6 Å². The Morgan fingerprint density at radius 1 is 1.26 bits per heavy atom. The maximum absolute atomic E-state index is 12.6. The fourth-order valence-corrected chi connectivity index (χ4v) is 3.55. The first-order chi connectivity index (χ1) is 10.8. The number of hydrogen-bond donors (Lipinski definition) is 1. The Balaban J connectivity index is 2.46. The third-order valence-corrected chi connectivity index (χ3v) is 5.00. The van der Waals surface area contributed by atoms with E-state index < -0.39 is 10.0 Å². The molecular formula is C14H18ClN3O4S. The van der Waals surface area contributed by atoms with Crippen molar-refractivity contribution in [1.82, 2.24) is 9.78 Å². The van der Waals surface area contributed by atoms with Gasteiger partial charge in [0, 0.05) is 24.9 Å². The summed E-state index contributed by atoms with van der Waals surface area (Å²) in [5.41, 5.74) is 0.650. The van der Waals surface area contributed by atoms with Gasteiger partial charge in [0.1, 0.15) is 16.4 Å². The molecular weight excluding hydrogens is 342 g/mol. The number of nitrogens with zero attached hydrogens (tertiary/aromatic N) is 2. The Bertz CT molecular complexity index is 818. The highest BCUT2D eigenvalue weighted by Crippen LogP contribution is 2.37. The van der Waals surface area contributed by atoms with Crippen LogP contribution in [-0.4, -0.2) is 32.4 Å². The number of halogens is 1. The molecule has 0 bridgehead atoms. The summed E-state index contributed by atoms with van der Waals surface area (Å²) in [6.45, 7) is 4.10. The van der Waals surface area contributed by atoms with Crippen LogP contribution in [0.25, 0.3) is 0 Å². The summed E-state index contributed by atoms with van der Waals surface area (Å²) in [4.78, 5) is 0.107. The number of aryl methyl sites for hydroxylation is 2. The van der Waals surface area contributed by atoms with Crippen LogP contribution in [0.4, 0.5) is 5.69 Å². The Morgan fingerprint density at radius 2 is 1.91 bits per heavy atom. The maximum atomic E-state index is 12.6. The van der Waals surface area contributed by atoms with E-state index in [1.165, 1.54) is 32.5 Å². The van der Waals surface area contributed by atoms with E-state index in [0.29, 0.717) is 28.8 Å². The molecule has 9 heteroatoms. The lowest BCUT2D eigenvalue weighted by atomic mass is 10.3. The van der Waals surface area contributed by atoms with Crippen molar-refractivity contribution < 1.29 is 17.9 Å². The molecule has 0 unspecified atom stereocenters. The molecule has 0 saturated carbocycles. The quantitative estimate of drug-likeness (QED) is 0.857. The molecule has 0 atom stereocenters. The highest BCUT2D eigenvalue weighted by atomic mass is 35.5. The van der Waals surface area contributed by atoms with Gasteiger partial charge in [-0.05, 0) is 13.8 Å². The molecule has 0 aliphatic rings. The third kappa shape index (κ3) is 3.53. The second kappa shape index (κ2) is 6.67. The van der Waals surface area contributed by atoms with Gasteiger partial charge >= 0.3 is 0 Å². The highest BCUT2D eigenvalue weighted by Gasteiger charge is 2.22. The molecule has 1 aromatic carbocycles. The average Bonchev–Trinajstić information content (AvgIpc) is 2.90. The van der Waals surface area contributed by atoms with E-state index in [9.17, 15) is 8.42 Å². The molecule has 0 aliphatic carbocycles. The Morgan fingerprint density at radius 3 is 2.43 bits per heavy atom. The van der Waals surface area contributed by atoms with E-state index in [0.717, 1.165) is 0 Å². The van der Waals surface area contributed by atoms with Crippen LogP contribution in [0.5, 0.6) is 11.5 Å². The van der Waals surface area contributed by atoms with Crippen LogP contribution in [0.3, 0.4) is 0 Å². The minimum atomic E-state index is -3.82. The smallest absolute Gasteiger partial charge is 0.265 e. The van der Waals surface area contributed by atoms with Crippen molar-refractivity contribution in [3.8, 4) is 11.5 Å². The molecule has 7 nitrogen and oxygen atoms in total. The largest absolute Gasteiger partial charge is 0.495 e. The number of sulfonamides is 1. The fraction of sp³-hybridized carbons (Fsp3) is 0.357. The van der Waals surface area contributed by atoms with Crippen molar-refractivity contribution in [2.45, 2.75) is 25.3 Å². The van der Waals surface area contributed by atoms with E-state index in [1.807, 2.05) is 6.92 Å². The highest BCUT2D eigenvalue weighted by molar-refractivity contribution is 7.92. The van der Waals surface area contributed by atoms with Crippen LogP contribution in [0, 0.1) is 6.92 Å². The van der Waals surface area contributed by atoms with Crippen LogP contribution in [-0.2, 0) is 16.6 Å². The third-order valence-electron chi connectivity index (χ3n) is 3.23. The van der Waals surface area contributed by atoms with Gasteiger partial charge in [0.2, 0.25) is 0 Å². The summed E-state index contributed by atoms with van der Waals surface area (Å²) in [5.74, 6) is 0.631. The molecule has 0 fully saturated rings. The molecule has 2 aromatic rings. The first-order valence-corrected chi connectivity index (χ1v) is 8.66. The molecule has 1 aromatic heterocycles. The molecule has 23 heavy (non-hydrogen) atoms. The summed E-state index contributed by atoms with van der Waals surface area (Å²) in [6, 6.07) is 2.96. The van der Waals surface area contributed by atoms with Gasteiger partial charge in [-0.1, -0.05) is 11.6 Å². The van der Waals surface area contributed by atoms with Crippen molar-refractivity contribution >= 4 is 27.3 Å². The van der Waals surface area contributed by atoms with Crippen molar-refractivity contribution in [2.75, 3.05) is 18.9 Å². The molecule has 0 aliphatic heterocycles. The predicted octanol–water partition coefficient (Wildman–Crippen LogP) is 2.68. The minimum Gasteiger partial charge on any atom is -0.495 e. The van der Waals surface area contributed by atoms with Gasteiger partial charge in [0.15, 0.2) is 0 Å². The molecule has 2 rings (SSSR count). The lowest BCUT2D eigenvalue weighted by Gasteiger charge is -2.14. The summed E-state index contributed by atoms with van der Waals surface area (Å²) in [5, 5.41) is 4.47. The first kappa shape index (κ1) is 17.4. The second-order valence-electron chi connectivity index (χ2n) is 4.73. The fourth-order valence-electron chi connectivity index (χ4n) is 2.07. The lowest BCUT2D eigenvalue weighted by molar-refractivity contribution is 0.405. The van der Waals surface area contributed by atoms with Gasteiger partial charge in [0.05, 0.1) is 30.6 Å². The van der Waals surface area contributed by atoms with Crippen molar-refractivity contribution in [3.05, 3.63) is 29.0 Å². The van der Waals surface area contributed by atoms with E-state index in [2.05, 4.69) is 9.82 Å². The molecule has 0 saturated heterocycles. The Labute approximate surface area is 140 Å². The van der Waals surface area contributed by atoms with Crippen molar-refractivity contribution in [2.24, 2.45) is 0 Å². The lowest BCUT2D eigenvalue weighted by Crippen LogP contribution is -2.14. The monoisotopic (exact) mass is 359 g/mol. The summed E-state index contributed by atoms with van der Waals surface area (Å²) in [6.07, 6.45) is 1.48. The van der Waals surface area contributed by atoms with Gasteiger partial charge in [-0.2, -0.15) is 5.10 Å². The Kier molecular flexibility index (Phi) is 5.06. The standard InChI is InChI=1S/C14H18ClN3O4S/c1-5-18-8-14(9(2)16-18)23(19,20)17-11-7-12(21-3)10(15)6-13(11)22-4/h6-8,17H,5H2,1-4H3. The van der Waals surface area contributed by atoms with Crippen LogP contribution in [0.2, 0.25) is 5.02 Å². The summed E-state index contributed by atoms with van der Waals surface area (Å²) < 4.78 is 39.6. The normalized spacial score (nSPS) is 11.3. The Hall–Kier alpha value is -1.93. The van der Waals surface area contributed by atoms with E-state index in [1.54, 1.807) is 11.6 Å². The number of benzene rings is 1. The number of rotatable bonds is 6. The van der Waals surface area contributed by atoms with Crippen LogP contribution < -0.4 is 14.2 Å². The van der Waals surface area contributed by atoms with Gasteiger partial charge in [-0.3, -0.25) is 9.40 Å². The van der Waals surface area contributed by atoms with Crippen LogP contribution in [0.1, 0.15) is 12.6 Å². The number of anilines is 1. The molecule has 0 amide bonds. The first-order valence-electron chi connectivity index (χ1n) is 6.80. The van der Waals surface area contributed by atoms with Crippen molar-refractivity contribution in [3.63, 3.8) is 0 Å². The van der Waals surface area contributed by atoms with E-state index in [-0.39, 0.29) is 10.6 Å². The zero-order chi connectivity index (χ0) is 17.2. The van der Waals surface area contributed by atoms with Gasteiger partial charge in [-0.25, -0.2) is 8.42 Å². The molecule has 1 N–H and O–H groups in total. The average molecular weight is 360 g/mol.